The smallest absolute Gasteiger partial charge is 0.338 e. The first kappa shape index (κ1) is 13.0. The summed E-state index contributed by atoms with van der Waals surface area (Å²) in [4.78, 5) is 15.1. The van der Waals surface area contributed by atoms with Gasteiger partial charge in [-0.15, -0.1) is 0 Å². The third kappa shape index (κ3) is 2.25. The fourth-order valence-corrected chi connectivity index (χ4v) is 3.46. The molecule has 1 saturated carbocycles. The summed E-state index contributed by atoms with van der Waals surface area (Å²) < 4.78 is 24.3. The molecule has 0 bridgehead atoms. The Balaban J connectivity index is 2.61. The van der Waals surface area contributed by atoms with E-state index in [1.807, 2.05) is 13.8 Å². The molecule has 1 heterocycles. The zero-order valence-electron chi connectivity index (χ0n) is 10.3. The summed E-state index contributed by atoms with van der Waals surface area (Å²) in [6, 6.07) is 2.90. The molecule has 2 rings (SSSR count). The van der Waals surface area contributed by atoms with Crippen molar-refractivity contribution in [1.82, 2.24) is 4.98 Å². The number of hydrogen-bond donors (Lipinski definition) is 1. The molecule has 98 valence electrons. The number of aromatic nitrogens is 1. The van der Waals surface area contributed by atoms with E-state index in [1.165, 1.54) is 6.07 Å². The van der Waals surface area contributed by atoms with Crippen molar-refractivity contribution in [3.63, 3.8) is 0 Å². The van der Waals surface area contributed by atoms with Crippen molar-refractivity contribution in [3.8, 4) is 0 Å². The molecule has 1 N–H and O–H groups in total. The first-order valence-electron chi connectivity index (χ1n) is 5.82. The summed E-state index contributed by atoms with van der Waals surface area (Å²) in [6.07, 6.45) is 1.18. The van der Waals surface area contributed by atoms with E-state index in [-0.39, 0.29) is 16.5 Å². The summed E-state index contributed by atoms with van der Waals surface area (Å²) in [5, 5.41) is 8.33. The highest BCUT2D eigenvalue weighted by atomic mass is 32.2. The summed E-state index contributed by atoms with van der Waals surface area (Å²) >= 11 is 0. The number of nitrogens with zero attached hydrogens (tertiary/aromatic N) is 1. The molecule has 0 aromatic carbocycles. The first-order valence-corrected chi connectivity index (χ1v) is 7.36. The molecule has 0 unspecified atom stereocenters. The molecule has 0 aliphatic heterocycles. The summed E-state index contributed by atoms with van der Waals surface area (Å²) in [5.41, 5.74) is 0.366. The van der Waals surface area contributed by atoms with E-state index < -0.39 is 21.1 Å². The Hall–Kier alpha value is -1.43. The van der Waals surface area contributed by atoms with Crippen LogP contribution >= 0.6 is 0 Å². The maximum atomic E-state index is 12.2. The third-order valence-corrected chi connectivity index (χ3v) is 5.14. The highest BCUT2D eigenvalue weighted by Crippen LogP contribution is 2.34. The van der Waals surface area contributed by atoms with Gasteiger partial charge in [-0.2, -0.15) is 0 Å². The van der Waals surface area contributed by atoms with Crippen molar-refractivity contribution in [2.75, 3.05) is 0 Å². The molecule has 1 aromatic heterocycles. The second-order valence-corrected chi connectivity index (χ2v) is 6.94. The highest BCUT2D eigenvalue weighted by Gasteiger charge is 2.40. The minimum atomic E-state index is -3.59. The minimum Gasteiger partial charge on any atom is -0.478 e. The second-order valence-electron chi connectivity index (χ2n) is 4.79. The van der Waals surface area contributed by atoms with E-state index >= 15 is 0 Å². The number of carboxylic acid groups (broad SMARTS) is 1. The van der Waals surface area contributed by atoms with Crippen LogP contribution in [0.15, 0.2) is 17.2 Å². The molecule has 1 aliphatic carbocycles. The van der Waals surface area contributed by atoms with Gasteiger partial charge in [0.25, 0.3) is 0 Å². The van der Waals surface area contributed by atoms with Gasteiger partial charge in [-0.25, -0.2) is 18.2 Å². The third-order valence-electron chi connectivity index (χ3n) is 2.94. The normalized spacial score (nSPS) is 15.9. The van der Waals surface area contributed by atoms with Crippen LogP contribution in [0.2, 0.25) is 0 Å². The quantitative estimate of drug-likeness (QED) is 0.901. The van der Waals surface area contributed by atoms with Crippen LogP contribution in [0, 0.1) is 0 Å². The van der Waals surface area contributed by atoms with Gasteiger partial charge < -0.3 is 5.11 Å². The lowest BCUT2D eigenvalue weighted by molar-refractivity contribution is 0.0691. The molecular weight excluding hydrogens is 254 g/mol. The van der Waals surface area contributed by atoms with Gasteiger partial charge in [-0.05, 0) is 30.9 Å². The van der Waals surface area contributed by atoms with Crippen LogP contribution in [0.3, 0.4) is 0 Å². The summed E-state index contributed by atoms with van der Waals surface area (Å²) in [7, 11) is -3.59. The maximum Gasteiger partial charge on any atom is 0.338 e. The molecule has 6 heteroatoms. The van der Waals surface area contributed by atoms with Crippen molar-refractivity contribution in [2.45, 2.75) is 42.9 Å². The van der Waals surface area contributed by atoms with Crippen LogP contribution in [0.25, 0.3) is 0 Å². The molecule has 0 radical (unpaired) electrons. The Labute approximate surface area is 106 Å². The predicted molar refractivity (Wildman–Crippen MR) is 65.5 cm³/mol. The van der Waals surface area contributed by atoms with Crippen molar-refractivity contribution in [2.24, 2.45) is 0 Å². The van der Waals surface area contributed by atoms with Gasteiger partial charge in [0.15, 0.2) is 14.9 Å². The Bertz CT molecular complexity index is 588. The topological polar surface area (TPSA) is 84.3 Å². The number of carboxylic acids is 1. The summed E-state index contributed by atoms with van der Waals surface area (Å²) in [5.74, 6) is -1.20. The van der Waals surface area contributed by atoms with Gasteiger partial charge in [0.1, 0.15) is 0 Å². The van der Waals surface area contributed by atoms with Crippen LogP contribution in [0.5, 0.6) is 0 Å². The van der Waals surface area contributed by atoms with E-state index in [1.54, 1.807) is 6.07 Å². The molecule has 0 amide bonds. The van der Waals surface area contributed by atoms with Gasteiger partial charge >= 0.3 is 5.97 Å². The number of hydrogen-bond acceptors (Lipinski definition) is 4. The van der Waals surface area contributed by atoms with E-state index in [9.17, 15) is 13.2 Å². The predicted octanol–water partition coefficient (Wildman–Crippen LogP) is 1.84. The van der Waals surface area contributed by atoms with Gasteiger partial charge in [0.05, 0.1) is 10.8 Å². The van der Waals surface area contributed by atoms with Crippen molar-refractivity contribution < 1.29 is 18.3 Å². The van der Waals surface area contributed by atoms with E-state index in [0.29, 0.717) is 18.5 Å². The van der Waals surface area contributed by atoms with Crippen LogP contribution < -0.4 is 0 Å². The second kappa shape index (κ2) is 4.35. The monoisotopic (exact) mass is 269 g/mol. The Morgan fingerprint density at radius 3 is 2.44 bits per heavy atom. The number of pyridine rings is 1. The molecule has 1 fully saturated rings. The standard InChI is InChI=1S/C12H15NO4S/c1-7(2)10-6-5-9(12(14)15)11(13-10)18(16,17)8-3-4-8/h5-8H,3-4H2,1-2H3,(H,14,15). The highest BCUT2D eigenvalue weighted by molar-refractivity contribution is 7.92. The Kier molecular flexibility index (Phi) is 3.14. The molecule has 1 aliphatic rings. The van der Waals surface area contributed by atoms with Gasteiger partial charge in [-0.3, -0.25) is 0 Å². The SMILES string of the molecule is CC(C)c1ccc(C(=O)O)c(S(=O)(=O)C2CC2)n1. The molecule has 0 atom stereocenters. The largest absolute Gasteiger partial charge is 0.478 e. The first-order chi connectivity index (χ1) is 8.34. The van der Waals surface area contributed by atoms with Crippen LogP contribution in [-0.2, 0) is 9.84 Å². The Morgan fingerprint density at radius 2 is 2.00 bits per heavy atom. The van der Waals surface area contributed by atoms with Crippen molar-refractivity contribution >= 4 is 15.8 Å². The van der Waals surface area contributed by atoms with Crippen molar-refractivity contribution in [1.29, 1.82) is 0 Å². The zero-order chi connectivity index (χ0) is 13.5. The number of aromatic carboxylic acids is 1. The molecule has 5 nitrogen and oxygen atoms in total. The number of sulfone groups is 1. The maximum absolute atomic E-state index is 12.2. The average molecular weight is 269 g/mol. The number of carbonyl (C=O) groups is 1. The zero-order valence-corrected chi connectivity index (χ0v) is 11.1. The lowest BCUT2D eigenvalue weighted by Gasteiger charge is -2.10. The van der Waals surface area contributed by atoms with Crippen LogP contribution in [-0.4, -0.2) is 29.7 Å². The average Bonchev–Trinajstić information content (AvgIpc) is 3.11. The van der Waals surface area contributed by atoms with Gasteiger partial charge in [0.2, 0.25) is 0 Å². The summed E-state index contributed by atoms with van der Waals surface area (Å²) in [6.45, 7) is 3.77. The molecule has 1 aromatic rings. The minimum absolute atomic E-state index is 0.0565. The number of rotatable bonds is 4. The molecule has 18 heavy (non-hydrogen) atoms. The van der Waals surface area contributed by atoms with E-state index in [2.05, 4.69) is 4.98 Å². The lowest BCUT2D eigenvalue weighted by Crippen LogP contribution is -2.16. The van der Waals surface area contributed by atoms with Crippen LogP contribution in [0.4, 0.5) is 0 Å². The van der Waals surface area contributed by atoms with E-state index in [4.69, 9.17) is 5.11 Å². The molecule has 0 spiro atoms. The fraction of sp³-hybridized carbons (Fsp3) is 0.500. The van der Waals surface area contributed by atoms with Crippen LogP contribution in [0.1, 0.15) is 48.7 Å². The van der Waals surface area contributed by atoms with E-state index in [0.717, 1.165) is 0 Å². The lowest BCUT2D eigenvalue weighted by atomic mass is 10.1. The Morgan fingerprint density at radius 1 is 1.39 bits per heavy atom. The van der Waals surface area contributed by atoms with Crippen molar-refractivity contribution in [3.05, 3.63) is 23.4 Å². The van der Waals surface area contributed by atoms with Gasteiger partial charge in [0, 0.05) is 5.69 Å². The molecular formula is C12H15NO4S. The molecule has 0 saturated heterocycles. The fourth-order valence-electron chi connectivity index (χ4n) is 1.69. The van der Waals surface area contributed by atoms with Gasteiger partial charge in [-0.1, -0.05) is 13.8 Å².